The molecule has 2 amide bonds. The molecule has 1 saturated heterocycles. The fraction of sp³-hybridized carbons (Fsp3) is 0.345. The number of benzene rings is 1. The normalized spacial score (nSPS) is 21.1. The number of nitrogens with zero attached hydrogens (tertiary/aromatic N) is 6. The zero-order valence-corrected chi connectivity index (χ0v) is 23.2. The molecule has 3 atom stereocenters. The van der Waals surface area contributed by atoms with Crippen molar-refractivity contribution in [2.24, 2.45) is 5.41 Å². The summed E-state index contributed by atoms with van der Waals surface area (Å²) in [5, 5.41) is 7.10. The van der Waals surface area contributed by atoms with Gasteiger partial charge in [-0.05, 0) is 43.4 Å². The lowest BCUT2D eigenvalue weighted by molar-refractivity contribution is -0.140. The largest absolute Gasteiger partial charge is 0.419 e. The summed E-state index contributed by atoms with van der Waals surface area (Å²) in [6, 6.07) is 2.98. The van der Waals surface area contributed by atoms with E-state index in [1.165, 1.54) is 22.7 Å². The molecular formula is C29H25F4N7O3. The molecule has 10 nitrogen and oxygen atoms in total. The minimum Gasteiger partial charge on any atom is -0.325 e. The van der Waals surface area contributed by atoms with Crippen molar-refractivity contribution >= 4 is 34.2 Å². The van der Waals surface area contributed by atoms with Crippen molar-refractivity contribution in [2.75, 3.05) is 5.32 Å². The van der Waals surface area contributed by atoms with Gasteiger partial charge in [0.05, 0.1) is 28.7 Å². The Kier molecular flexibility index (Phi) is 6.54. The number of rotatable bonds is 6. The van der Waals surface area contributed by atoms with Crippen LogP contribution in [0.5, 0.6) is 0 Å². The third-order valence-electron chi connectivity index (χ3n) is 8.12. The number of fused-ring (bicyclic) bond motifs is 2. The molecule has 2 fully saturated rings. The van der Waals surface area contributed by atoms with E-state index in [1.807, 2.05) is 6.92 Å². The third kappa shape index (κ3) is 5.00. The van der Waals surface area contributed by atoms with Gasteiger partial charge in [-0.15, -0.1) is 0 Å². The van der Waals surface area contributed by atoms with Crippen LogP contribution in [0.15, 0.2) is 42.9 Å². The minimum atomic E-state index is -4.94. The number of ketones is 1. The average Bonchev–Trinajstić information content (AvgIpc) is 3.31. The van der Waals surface area contributed by atoms with Crippen molar-refractivity contribution < 1.29 is 31.9 Å². The van der Waals surface area contributed by atoms with Crippen molar-refractivity contribution in [1.29, 1.82) is 0 Å². The number of piperidine rings is 1. The van der Waals surface area contributed by atoms with Gasteiger partial charge in [-0.1, -0.05) is 13.0 Å². The molecule has 1 aliphatic heterocycles. The molecule has 4 heterocycles. The maximum absolute atomic E-state index is 14.6. The van der Waals surface area contributed by atoms with E-state index >= 15 is 0 Å². The quantitative estimate of drug-likeness (QED) is 0.256. The van der Waals surface area contributed by atoms with E-state index in [9.17, 15) is 31.9 Å². The number of alkyl halides is 3. The zero-order chi connectivity index (χ0) is 30.8. The number of hydrogen-bond donors (Lipinski definition) is 1. The first-order valence-electron chi connectivity index (χ1n) is 13.4. The molecule has 1 saturated carbocycles. The summed E-state index contributed by atoms with van der Waals surface area (Å²) in [5.41, 5.74) is -0.796. The van der Waals surface area contributed by atoms with Crippen LogP contribution < -0.4 is 5.32 Å². The molecule has 0 bridgehead atoms. The predicted molar refractivity (Wildman–Crippen MR) is 145 cm³/mol. The van der Waals surface area contributed by atoms with E-state index in [4.69, 9.17) is 0 Å². The summed E-state index contributed by atoms with van der Waals surface area (Å²) in [5.74, 6) is -2.61. The van der Waals surface area contributed by atoms with Crippen molar-refractivity contribution in [2.45, 2.75) is 58.4 Å². The molecule has 6 rings (SSSR count). The number of carbonyl (C=O) groups excluding carboxylic acids is 3. The standard InChI is InChI=1S/C29H25F4N7O3/c1-14(41)26-17-7-20(16-10-34-15(2)35-11-16)36-12-22(17)39(38-26)13-24(42)40-21(8-28(3)9-23(28)40)27(43)37-19-6-4-5-18(25(19)30)29(31,32)33/h4-7,10-12,21,23H,8-9,13H2,1-3H3,(H,37,43)/t21-,23+,28-/m0/s1. The topological polar surface area (TPSA) is 123 Å². The summed E-state index contributed by atoms with van der Waals surface area (Å²) < 4.78 is 55.5. The molecule has 0 radical (unpaired) electrons. The Morgan fingerprint density at radius 3 is 2.49 bits per heavy atom. The molecule has 2 aliphatic rings. The lowest BCUT2D eigenvalue weighted by Gasteiger charge is -2.27. The van der Waals surface area contributed by atoms with Crippen LogP contribution in [-0.2, 0) is 22.3 Å². The highest BCUT2D eigenvalue weighted by molar-refractivity contribution is 6.05. The zero-order valence-electron chi connectivity index (χ0n) is 23.2. The van der Waals surface area contributed by atoms with Gasteiger partial charge in [0.1, 0.15) is 24.1 Å². The third-order valence-corrected chi connectivity index (χ3v) is 8.12. The number of aryl methyl sites for hydroxylation is 1. The van der Waals surface area contributed by atoms with Crippen LogP contribution in [0.25, 0.3) is 22.2 Å². The van der Waals surface area contributed by atoms with Gasteiger partial charge in [-0.3, -0.25) is 24.0 Å². The van der Waals surface area contributed by atoms with E-state index in [0.717, 1.165) is 12.1 Å². The highest BCUT2D eigenvalue weighted by atomic mass is 19.4. The molecule has 1 N–H and O–H groups in total. The Morgan fingerprint density at radius 1 is 1.09 bits per heavy atom. The van der Waals surface area contributed by atoms with E-state index < -0.39 is 41.1 Å². The number of aromatic nitrogens is 5. The molecule has 0 unspecified atom stereocenters. The molecular weight excluding hydrogens is 570 g/mol. The van der Waals surface area contributed by atoms with Crippen LogP contribution in [0, 0.1) is 18.2 Å². The Labute approximate surface area is 242 Å². The second-order valence-electron chi connectivity index (χ2n) is 11.2. The number of carbonyl (C=O) groups is 3. The molecule has 222 valence electrons. The van der Waals surface area contributed by atoms with Gasteiger partial charge in [0.2, 0.25) is 11.8 Å². The number of anilines is 1. The first kappa shape index (κ1) is 28.4. The number of nitrogens with one attached hydrogen (secondary N) is 1. The van der Waals surface area contributed by atoms with E-state index in [-0.39, 0.29) is 35.9 Å². The maximum Gasteiger partial charge on any atom is 0.419 e. The Balaban J connectivity index is 1.28. The molecule has 1 aromatic carbocycles. The summed E-state index contributed by atoms with van der Waals surface area (Å²) in [7, 11) is 0. The van der Waals surface area contributed by atoms with Crippen molar-refractivity contribution in [3.05, 3.63) is 65.8 Å². The molecule has 14 heteroatoms. The predicted octanol–water partition coefficient (Wildman–Crippen LogP) is 4.58. The Bertz CT molecular complexity index is 1800. The molecule has 1 aliphatic carbocycles. The van der Waals surface area contributed by atoms with E-state index in [2.05, 4.69) is 25.4 Å². The average molecular weight is 596 g/mol. The van der Waals surface area contributed by atoms with Gasteiger partial charge in [0.25, 0.3) is 0 Å². The first-order chi connectivity index (χ1) is 20.3. The lowest BCUT2D eigenvalue weighted by atomic mass is 10.0. The van der Waals surface area contributed by atoms with Crippen LogP contribution in [0.1, 0.15) is 48.6 Å². The van der Waals surface area contributed by atoms with Gasteiger partial charge in [0, 0.05) is 36.3 Å². The van der Waals surface area contributed by atoms with Crippen molar-refractivity contribution in [3.8, 4) is 11.3 Å². The second kappa shape index (κ2) is 9.92. The monoisotopic (exact) mass is 595 g/mol. The first-order valence-corrected chi connectivity index (χ1v) is 13.4. The Morgan fingerprint density at radius 2 is 1.81 bits per heavy atom. The smallest absolute Gasteiger partial charge is 0.325 e. The van der Waals surface area contributed by atoms with Crippen molar-refractivity contribution in [3.63, 3.8) is 0 Å². The number of amides is 2. The van der Waals surface area contributed by atoms with Crippen LogP contribution >= 0.6 is 0 Å². The van der Waals surface area contributed by atoms with Gasteiger partial charge in [0.15, 0.2) is 11.6 Å². The number of halogens is 4. The molecule has 4 aromatic rings. The SMILES string of the molecule is CC(=O)c1nn(CC(=O)N2[C@H](C(=O)Nc3cccc(C(F)(F)F)c3F)C[C@@]3(C)C[C@@H]23)c2cnc(-c3cnc(C)nc3)cc12. The van der Waals surface area contributed by atoms with Crippen LogP contribution in [0.4, 0.5) is 23.2 Å². The molecule has 43 heavy (non-hydrogen) atoms. The number of Topliss-reactive ketones (excluding diaryl/α,β-unsaturated/α-hetero) is 1. The van der Waals surface area contributed by atoms with E-state index in [0.29, 0.717) is 40.5 Å². The fourth-order valence-electron chi connectivity index (χ4n) is 5.77. The highest BCUT2D eigenvalue weighted by Crippen LogP contribution is 2.59. The highest BCUT2D eigenvalue weighted by Gasteiger charge is 2.64. The maximum atomic E-state index is 14.6. The fourth-order valence-corrected chi connectivity index (χ4v) is 5.77. The number of pyridine rings is 1. The Hall–Kier alpha value is -4.75. The molecule has 0 spiro atoms. The summed E-state index contributed by atoms with van der Waals surface area (Å²) >= 11 is 0. The lowest BCUT2D eigenvalue weighted by Crippen LogP contribution is -2.46. The summed E-state index contributed by atoms with van der Waals surface area (Å²) in [6.07, 6.45) is 0.663. The van der Waals surface area contributed by atoms with Crippen LogP contribution in [-0.4, -0.2) is 59.3 Å². The summed E-state index contributed by atoms with van der Waals surface area (Å²) in [4.78, 5) is 53.6. The van der Waals surface area contributed by atoms with Gasteiger partial charge < -0.3 is 10.2 Å². The molecule has 3 aromatic heterocycles. The van der Waals surface area contributed by atoms with E-state index in [1.54, 1.807) is 25.4 Å². The van der Waals surface area contributed by atoms with Crippen LogP contribution in [0.2, 0.25) is 0 Å². The van der Waals surface area contributed by atoms with Crippen molar-refractivity contribution in [1.82, 2.24) is 29.6 Å². The summed E-state index contributed by atoms with van der Waals surface area (Å²) in [6.45, 7) is 4.68. The van der Waals surface area contributed by atoms with Gasteiger partial charge >= 0.3 is 6.18 Å². The van der Waals surface area contributed by atoms with Gasteiger partial charge in [-0.2, -0.15) is 18.3 Å². The number of hydrogen-bond acceptors (Lipinski definition) is 7. The van der Waals surface area contributed by atoms with Crippen LogP contribution in [0.3, 0.4) is 0 Å². The number of likely N-dealkylation sites (tertiary alicyclic amines) is 1. The van der Waals surface area contributed by atoms with Gasteiger partial charge in [-0.25, -0.2) is 14.4 Å². The minimum absolute atomic E-state index is 0.131. The second-order valence-corrected chi connectivity index (χ2v) is 11.2.